The SMILES string of the molecule is C#C.C/C=N\C1=C(C)C2(Cc3ccc(N)cc3C2)C(=O)N1.CC.O=CCN1C(=O)C2(CCS(=O)CC2)c2ccccc21. The third-order valence-electron chi connectivity index (χ3n) is 8.35. The normalized spacial score (nSPS) is 25.1. The number of aliphatic imine (C=N–C) groups is 1. The lowest BCUT2D eigenvalue weighted by atomic mass is 9.76. The van der Waals surface area contributed by atoms with E-state index in [1.54, 1.807) is 11.1 Å². The van der Waals surface area contributed by atoms with Crippen molar-refractivity contribution in [2.75, 3.05) is 28.7 Å². The topological polar surface area (TPSA) is 122 Å². The highest BCUT2D eigenvalue weighted by molar-refractivity contribution is 7.85. The van der Waals surface area contributed by atoms with Gasteiger partial charge in [0.2, 0.25) is 11.8 Å². The first-order chi connectivity index (χ1) is 20.3. The van der Waals surface area contributed by atoms with Crippen LogP contribution in [0.3, 0.4) is 0 Å². The molecule has 2 aromatic carbocycles. The summed E-state index contributed by atoms with van der Waals surface area (Å²) < 4.78 is 11.6. The van der Waals surface area contributed by atoms with E-state index in [1.165, 1.54) is 11.1 Å². The van der Waals surface area contributed by atoms with E-state index < -0.39 is 21.6 Å². The molecule has 3 heterocycles. The highest BCUT2D eigenvalue weighted by atomic mass is 32.2. The van der Waals surface area contributed by atoms with Gasteiger partial charge >= 0.3 is 0 Å². The van der Waals surface area contributed by atoms with Crippen LogP contribution in [0.2, 0.25) is 0 Å². The van der Waals surface area contributed by atoms with Crippen LogP contribution in [-0.4, -0.2) is 46.6 Å². The minimum atomic E-state index is -0.809. The monoisotopic (exact) mass is 588 g/mol. The number of para-hydroxylation sites is 1. The van der Waals surface area contributed by atoms with E-state index in [4.69, 9.17) is 5.73 Å². The molecular formula is C33H40N4O4S. The Morgan fingerprint density at radius 3 is 2.33 bits per heavy atom. The lowest BCUT2D eigenvalue weighted by Gasteiger charge is -2.31. The van der Waals surface area contributed by atoms with E-state index in [9.17, 15) is 18.6 Å². The molecule has 8 nitrogen and oxygen atoms in total. The second-order valence-electron chi connectivity index (χ2n) is 10.3. The van der Waals surface area contributed by atoms with Crippen LogP contribution >= 0.6 is 0 Å². The van der Waals surface area contributed by atoms with Gasteiger partial charge in [-0.05, 0) is 80.0 Å². The van der Waals surface area contributed by atoms with Gasteiger partial charge in [-0.3, -0.25) is 13.8 Å². The third kappa shape index (κ3) is 5.68. The molecule has 222 valence electrons. The van der Waals surface area contributed by atoms with E-state index in [-0.39, 0.29) is 18.4 Å². The van der Waals surface area contributed by atoms with Gasteiger partial charge in [0.05, 0.1) is 17.4 Å². The maximum Gasteiger partial charge on any atom is 0.238 e. The average molecular weight is 589 g/mol. The highest BCUT2D eigenvalue weighted by Crippen LogP contribution is 2.48. The number of aldehydes is 1. The van der Waals surface area contributed by atoms with Gasteiger partial charge in [-0.2, -0.15) is 0 Å². The maximum absolute atomic E-state index is 12.7. The van der Waals surface area contributed by atoms with Crippen molar-refractivity contribution in [1.29, 1.82) is 0 Å². The van der Waals surface area contributed by atoms with Crippen molar-refractivity contribution >= 4 is 46.5 Å². The largest absolute Gasteiger partial charge is 0.399 e. The number of hydrogen-bond acceptors (Lipinski definition) is 6. The number of amides is 2. The van der Waals surface area contributed by atoms with Gasteiger partial charge in [0.15, 0.2) is 0 Å². The third-order valence-corrected chi connectivity index (χ3v) is 9.67. The van der Waals surface area contributed by atoms with Crippen LogP contribution in [0.25, 0.3) is 0 Å². The Morgan fingerprint density at radius 2 is 1.69 bits per heavy atom. The summed E-state index contributed by atoms with van der Waals surface area (Å²) in [5, 5.41) is 2.90. The van der Waals surface area contributed by atoms with E-state index in [2.05, 4.69) is 23.2 Å². The molecule has 1 fully saturated rings. The van der Waals surface area contributed by atoms with Crippen molar-refractivity contribution in [3.05, 3.63) is 70.5 Å². The molecule has 9 heteroatoms. The zero-order valence-electron chi connectivity index (χ0n) is 24.8. The standard InChI is InChI=1S/C15H17N3O.C14H15NO3S.C2H6.C2H2/c1-3-17-13-9(2)15(14(19)18-13)7-10-4-5-12(16)6-11(10)8-15;16-8-7-15-12-4-2-1-3-11(12)14(13(15)17)5-9-19(18)10-6-14;2*1-2/h3-6H,7-8,16H2,1-2H3,(H,18,19);1-4,8H,5-7,9-10H2;1-2H3;1-2H/b17-3-;;;. The number of carbonyl (C=O) groups excluding carboxylic acids is 3. The molecular weight excluding hydrogens is 548 g/mol. The summed E-state index contributed by atoms with van der Waals surface area (Å²) in [6.45, 7) is 7.94. The predicted octanol–water partition coefficient (Wildman–Crippen LogP) is 4.09. The molecule has 0 radical (unpaired) electrons. The number of nitrogens with one attached hydrogen (secondary N) is 1. The Hall–Kier alpha value is -4.03. The summed E-state index contributed by atoms with van der Waals surface area (Å²) in [5.74, 6) is 1.88. The number of terminal acetylenes is 1. The molecule has 42 heavy (non-hydrogen) atoms. The van der Waals surface area contributed by atoms with E-state index in [0.717, 1.165) is 35.2 Å². The number of nitrogens with zero attached hydrogens (tertiary/aromatic N) is 2. The molecule has 1 saturated heterocycles. The van der Waals surface area contributed by atoms with Crippen LogP contribution < -0.4 is 16.0 Å². The summed E-state index contributed by atoms with van der Waals surface area (Å²) in [4.78, 5) is 41.7. The summed E-state index contributed by atoms with van der Waals surface area (Å²) in [5.41, 5.74) is 10.8. The fraction of sp³-hybridized carbons (Fsp3) is 0.394. The van der Waals surface area contributed by atoms with Crippen LogP contribution in [0.15, 0.2) is 58.9 Å². The Labute approximate surface area is 251 Å². The second kappa shape index (κ2) is 13.8. The second-order valence-corrected chi connectivity index (χ2v) is 12.0. The van der Waals surface area contributed by atoms with Crippen molar-refractivity contribution < 1.29 is 18.6 Å². The first-order valence-electron chi connectivity index (χ1n) is 14.2. The number of hydrogen-bond donors (Lipinski definition) is 2. The van der Waals surface area contributed by atoms with Gasteiger partial charge in [0, 0.05) is 39.9 Å². The minimum absolute atomic E-state index is 0.00231. The highest BCUT2D eigenvalue weighted by Gasteiger charge is 2.52. The van der Waals surface area contributed by atoms with Crippen LogP contribution in [0.1, 0.15) is 57.2 Å². The zero-order chi connectivity index (χ0) is 31.1. The number of nitrogen functional groups attached to an aromatic ring is 1. The lowest BCUT2D eigenvalue weighted by molar-refractivity contribution is -0.126. The Kier molecular flexibility index (Phi) is 10.6. The molecule has 2 spiro atoms. The molecule has 4 aliphatic rings. The molecule has 3 aliphatic heterocycles. The van der Waals surface area contributed by atoms with Crippen molar-refractivity contribution in [3.63, 3.8) is 0 Å². The van der Waals surface area contributed by atoms with E-state index >= 15 is 0 Å². The van der Waals surface area contributed by atoms with E-state index in [1.807, 2.05) is 70.2 Å². The molecule has 0 saturated carbocycles. The van der Waals surface area contributed by atoms with Crippen molar-refractivity contribution in [3.8, 4) is 12.8 Å². The first-order valence-corrected chi connectivity index (χ1v) is 15.7. The van der Waals surface area contributed by atoms with Gasteiger partial charge in [-0.1, -0.05) is 38.1 Å². The van der Waals surface area contributed by atoms with E-state index in [0.29, 0.717) is 36.6 Å². The summed E-state index contributed by atoms with van der Waals surface area (Å²) in [6, 6.07) is 13.6. The molecule has 2 aromatic rings. The van der Waals surface area contributed by atoms with Gasteiger partial charge in [-0.25, -0.2) is 4.99 Å². The quantitative estimate of drug-likeness (QED) is 0.242. The molecule has 2 amide bonds. The fourth-order valence-electron chi connectivity index (χ4n) is 6.24. The number of carbonyl (C=O) groups is 3. The first kappa shape index (κ1) is 32.5. The van der Waals surface area contributed by atoms with Crippen molar-refractivity contribution in [2.24, 2.45) is 10.4 Å². The van der Waals surface area contributed by atoms with Gasteiger partial charge in [0.25, 0.3) is 0 Å². The molecule has 1 atom stereocenters. The summed E-state index contributed by atoms with van der Waals surface area (Å²) >= 11 is 0. The summed E-state index contributed by atoms with van der Waals surface area (Å²) in [6.07, 6.45) is 13.2. The number of benzene rings is 2. The molecule has 3 N–H and O–H groups in total. The Bertz CT molecular complexity index is 1450. The maximum atomic E-state index is 12.7. The number of nitrogens with two attached hydrogens (primary N) is 1. The minimum Gasteiger partial charge on any atom is -0.399 e. The number of anilines is 2. The predicted molar refractivity (Wildman–Crippen MR) is 171 cm³/mol. The zero-order valence-corrected chi connectivity index (χ0v) is 25.6. The van der Waals surface area contributed by atoms with Crippen molar-refractivity contribution in [2.45, 2.75) is 58.8 Å². The van der Waals surface area contributed by atoms with Crippen LogP contribution in [0.4, 0.5) is 11.4 Å². The Morgan fingerprint density at radius 1 is 1.05 bits per heavy atom. The average Bonchev–Trinajstić information content (AvgIpc) is 3.58. The summed E-state index contributed by atoms with van der Waals surface area (Å²) in [7, 11) is -0.809. The molecule has 1 unspecified atom stereocenters. The smallest absolute Gasteiger partial charge is 0.238 e. The van der Waals surface area contributed by atoms with Crippen molar-refractivity contribution in [1.82, 2.24) is 5.32 Å². The van der Waals surface area contributed by atoms with Crippen LogP contribution in [-0.2, 0) is 43.4 Å². The lowest BCUT2D eigenvalue weighted by Crippen LogP contribution is -2.45. The molecule has 6 rings (SSSR count). The Balaban J connectivity index is 0.000000206. The van der Waals surface area contributed by atoms with Gasteiger partial charge < -0.3 is 20.7 Å². The van der Waals surface area contributed by atoms with Gasteiger partial charge in [0.1, 0.15) is 12.1 Å². The van der Waals surface area contributed by atoms with Gasteiger partial charge in [-0.15, -0.1) is 12.8 Å². The van der Waals surface area contributed by atoms with Crippen LogP contribution in [0, 0.1) is 18.3 Å². The number of rotatable bonds is 3. The number of fused-ring (bicyclic) bond motifs is 3. The van der Waals surface area contributed by atoms with Crippen LogP contribution in [0.5, 0.6) is 0 Å². The molecule has 0 aromatic heterocycles. The molecule has 1 aliphatic carbocycles. The fourth-order valence-corrected chi connectivity index (χ4v) is 7.59. The molecule has 0 bridgehead atoms.